The van der Waals surface area contributed by atoms with Crippen molar-refractivity contribution in [2.24, 2.45) is 0 Å². The van der Waals surface area contributed by atoms with E-state index in [2.05, 4.69) is 5.32 Å². The molecule has 1 aliphatic carbocycles. The van der Waals surface area contributed by atoms with E-state index in [9.17, 15) is 9.90 Å². The summed E-state index contributed by atoms with van der Waals surface area (Å²) in [7, 11) is 0. The van der Waals surface area contributed by atoms with Gasteiger partial charge in [-0.15, -0.1) is 0 Å². The lowest BCUT2D eigenvalue weighted by Crippen LogP contribution is -2.43. The number of fused-ring (bicyclic) bond motifs is 1. The highest BCUT2D eigenvalue weighted by Gasteiger charge is 2.53. The summed E-state index contributed by atoms with van der Waals surface area (Å²) in [5, 5.41) is 13.3. The van der Waals surface area contributed by atoms with Gasteiger partial charge in [0.05, 0.1) is 18.8 Å². The van der Waals surface area contributed by atoms with Crippen molar-refractivity contribution in [2.75, 3.05) is 6.61 Å². The van der Waals surface area contributed by atoms with Crippen molar-refractivity contribution in [2.45, 2.75) is 30.6 Å². The fourth-order valence-corrected chi connectivity index (χ4v) is 3.35. The van der Waals surface area contributed by atoms with Gasteiger partial charge in [-0.05, 0) is 16.7 Å². The molecule has 0 bridgehead atoms. The number of hydrogen-bond donors (Lipinski definition) is 2. The first-order valence-corrected chi connectivity index (χ1v) is 7.93. The lowest BCUT2D eigenvalue weighted by atomic mass is 9.98. The van der Waals surface area contributed by atoms with Crippen LogP contribution in [0.3, 0.4) is 0 Å². The van der Waals surface area contributed by atoms with E-state index in [0.717, 1.165) is 16.7 Å². The van der Waals surface area contributed by atoms with Crippen LogP contribution in [0.5, 0.6) is 0 Å². The van der Waals surface area contributed by atoms with E-state index >= 15 is 0 Å². The zero-order chi connectivity index (χ0) is 15.9. The molecule has 2 aromatic carbocycles. The molecule has 1 aliphatic heterocycles. The average molecular weight is 309 g/mol. The van der Waals surface area contributed by atoms with Gasteiger partial charge in [-0.25, -0.2) is 0 Å². The molecular formula is C19H19NO3. The van der Waals surface area contributed by atoms with Gasteiger partial charge in [0.25, 0.3) is 5.91 Å². The molecular weight excluding hydrogens is 290 g/mol. The molecule has 118 valence electrons. The van der Waals surface area contributed by atoms with Gasteiger partial charge in [0.15, 0.2) is 5.60 Å². The highest BCUT2D eigenvalue weighted by molar-refractivity contribution is 5.88. The molecule has 0 radical (unpaired) electrons. The normalized spacial score (nSPS) is 28.2. The van der Waals surface area contributed by atoms with E-state index in [1.54, 1.807) is 0 Å². The first-order valence-electron chi connectivity index (χ1n) is 7.93. The number of carbonyl (C=O) groups is 1. The molecule has 4 nitrogen and oxygen atoms in total. The number of aliphatic hydroxyl groups is 1. The van der Waals surface area contributed by atoms with E-state index in [-0.39, 0.29) is 11.9 Å². The van der Waals surface area contributed by atoms with Crippen molar-refractivity contribution >= 4 is 5.91 Å². The molecule has 2 N–H and O–H groups in total. The molecule has 1 heterocycles. The number of nitrogens with one attached hydrogen (secondary N) is 1. The molecule has 0 aromatic heterocycles. The highest BCUT2D eigenvalue weighted by atomic mass is 16.6. The van der Waals surface area contributed by atoms with Crippen molar-refractivity contribution in [1.29, 1.82) is 0 Å². The van der Waals surface area contributed by atoms with Crippen molar-refractivity contribution in [3.8, 4) is 0 Å². The van der Waals surface area contributed by atoms with Crippen molar-refractivity contribution in [1.82, 2.24) is 5.32 Å². The zero-order valence-corrected chi connectivity index (χ0v) is 12.7. The van der Waals surface area contributed by atoms with Crippen LogP contribution in [-0.2, 0) is 22.4 Å². The minimum atomic E-state index is -0.779. The van der Waals surface area contributed by atoms with Gasteiger partial charge in [0, 0.05) is 12.8 Å². The zero-order valence-electron chi connectivity index (χ0n) is 12.7. The third kappa shape index (κ3) is 2.64. The van der Waals surface area contributed by atoms with E-state index < -0.39 is 11.7 Å². The predicted octanol–water partition coefficient (Wildman–Crippen LogP) is 1.77. The van der Waals surface area contributed by atoms with Crippen molar-refractivity contribution in [3.63, 3.8) is 0 Å². The Balaban J connectivity index is 1.50. The molecule has 4 heteroatoms. The van der Waals surface area contributed by atoms with Gasteiger partial charge in [-0.2, -0.15) is 0 Å². The summed E-state index contributed by atoms with van der Waals surface area (Å²) in [5.41, 5.74) is 2.40. The Labute approximate surface area is 135 Å². The summed E-state index contributed by atoms with van der Waals surface area (Å²) in [6.45, 7) is 0.429. The van der Waals surface area contributed by atoms with Gasteiger partial charge in [0.2, 0.25) is 0 Å². The molecule has 1 saturated heterocycles. The van der Waals surface area contributed by atoms with Crippen LogP contribution in [0.15, 0.2) is 54.6 Å². The molecule has 1 fully saturated rings. The minimum Gasteiger partial charge on any atom is -0.390 e. The number of ether oxygens (including phenoxy) is 1. The molecule has 1 amide bonds. The number of aliphatic hydroxyl groups excluding tert-OH is 1. The predicted molar refractivity (Wildman–Crippen MR) is 85.9 cm³/mol. The number of benzene rings is 2. The Morgan fingerprint density at radius 1 is 1.17 bits per heavy atom. The maximum Gasteiger partial charge on any atom is 0.255 e. The summed E-state index contributed by atoms with van der Waals surface area (Å²) in [6.07, 6.45) is 0.557. The number of amides is 1. The molecule has 4 rings (SSSR count). The maximum atomic E-state index is 12.7. The van der Waals surface area contributed by atoms with Gasteiger partial charge in [-0.1, -0.05) is 54.6 Å². The third-order valence-corrected chi connectivity index (χ3v) is 4.73. The fraction of sp³-hybridized carbons (Fsp3) is 0.316. The topological polar surface area (TPSA) is 61.9 Å². The highest BCUT2D eigenvalue weighted by Crippen LogP contribution is 2.35. The summed E-state index contributed by atoms with van der Waals surface area (Å²) >= 11 is 0. The molecule has 2 aliphatic rings. The lowest BCUT2D eigenvalue weighted by molar-refractivity contribution is -0.127. The van der Waals surface area contributed by atoms with E-state index in [0.29, 0.717) is 19.4 Å². The van der Waals surface area contributed by atoms with Gasteiger partial charge in [0.1, 0.15) is 0 Å². The van der Waals surface area contributed by atoms with Crippen LogP contribution in [0.1, 0.15) is 22.7 Å². The Hall–Kier alpha value is -2.17. The van der Waals surface area contributed by atoms with Crippen molar-refractivity contribution in [3.05, 3.63) is 71.3 Å². The van der Waals surface area contributed by atoms with Crippen LogP contribution >= 0.6 is 0 Å². The monoisotopic (exact) mass is 309 g/mol. The van der Waals surface area contributed by atoms with Gasteiger partial charge >= 0.3 is 0 Å². The molecule has 3 atom stereocenters. The lowest BCUT2D eigenvalue weighted by Gasteiger charge is -2.21. The Bertz CT molecular complexity index is 724. The second-order valence-corrected chi connectivity index (χ2v) is 6.37. The van der Waals surface area contributed by atoms with Crippen molar-refractivity contribution < 1.29 is 14.6 Å². The SMILES string of the molecule is O=C(N[C@H]1c2ccccc2C[C@H]1O)[C@@]1(Cc2ccccc2)CO1. The van der Waals surface area contributed by atoms with E-state index in [1.807, 2.05) is 54.6 Å². The number of hydrogen-bond acceptors (Lipinski definition) is 3. The van der Waals surface area contributed by atoms with Crippen LogP contribution in [0.4, 0.5) is 0 Å². The van der Waals surface area contributed by atoms with Crippen LogP contribution in [-0.4, -0.2) is 29.3 Å². The smallest absolute Gasteiger partial charge is 0.255 e. The Kier molecular flexibility index (Phi) is 3.43. The van der Waals surface area contributed by atoms with Gasteiger partial charge in [-0.3, -0.25) is 4.79 Å². The number of rotatable bonds is 4. The summed E-state index contributed by atoms with van der Waals surface area (Å²) in [4.78, 5) is 12.7. The quantitative estimate of drug-likeness (QED) is 0.846. The molecule has 23 heavy (non-hydrogen) atoms. The first-order chi connectivity index (χ1) is 11.2. The maximum absolute atomic E-state index is 12.7. The molecule has 0 unspecified atom stereocenters. The molecule has 0 saturated carbocycles. The van der Waals surface area contributed by atoms with Crippen LogP contribution in [0.25, 0.3) is 0 Å². The Morgan fingerprint density at radius 3 is 2.61 bits per heavy atom. The second-order valence-electron chi connectivity index (χ2n) is 6.37. The van der Waals surface area contributed by atoms with E-state index in [1.165, 1.54) is 0 Å². The summed E-state index contributed by atoms with van der Waals surface area (Å²) in [5.74, 6) is -0.137. The fourth-order valence-electron chi connectivity index (χ4n) is 3.35. The second kappa shape index (κ2) is 5.48. The molecule has 0 spiro atoms. The van der Waals surface area contributed by atoms with E-state index in [4.69, 9.17) is 4.74 Å². The Morgan fingerprint density at radius 2 is 1.87 bits per heavy atom. The third-order valence-electron chi connectivity index (χ3n) is 4.73. The standard InChI is InChI=1S/C19H19NO3/c21-16-10-14-8-4-5-9-15(14)17(16)20-18(22)19(12-23-19)11-13-6-2-1-3-7-13/h1-9,16-17,21H,10-12H2,(H,20,22)/t16-,17+,19-/m1/s1. The largest absolute Gasteiger partial charge is 0.390 e. The van der Waals surface area contributed by atoms with Crippen LogP contribution in [0, 0.1) is 0 Å². The molecule has 2 aromatic rings. The van der Waals surface area contributed by atoms with Gasteiger partial charge < -0.3 is 15.2 Å². The number of carbonyl (C=O) groups excluding carboxylic acids is 1. The first kappa shape index (κ1) is 14.4. The average Bonchev–Trinajstić information content (AvgIpc) is 3.28. The summed E-state index contributed by atoms with van der Waals surface area (Å²) < 4.78 is 5.50. The minimum absolute atomic E-state index is 0.137. The summed E-state index contributed by atoms with van der Waals surface area (Å²) in [6, 6.07) is 17.4. The number of epoxide rings is 1. The van der Waals surface area contributed by atoms with Crippen LogP contribution in [0.2, 0.25) is 0 Å². The van der Waals surface area contributed by atoms with Crippen LogP contribution < -0.4 is 5.32 Å².